The lowest BCUT2D eigenvalue weighted by Crippen LogP contribution is -2.41. The molecule has 200 valence electrons. The van der Waals surface area contributed by atoms with Crippen molar-refractivity contribution in [2.45, 2.75) is 52.3 Å². The number of benzene rings is 2. The monoisotopic (exact) mass is 533 g/mol. The van der Waals surface area contributed by atoms with Crippen LogP contribution in [0.5, 0.6) is 0 Å². The summed E-state index contributed by atoms with van der Waals surface area (Å²) >= 11 is 0. The quantitative estimate of drug-likeness (QED) is 0.400. The van der Waals surface area contributed by atoms with Crippen LogP contribution in [0.2, 0.25) is 0 Å². The molecule has 1 aromatic heterocycles. The molecule has 1 spiro atoms. The molecule has 2 aliphatic heterocycles. The summed E-state index contributed by atoms with van der Waals surface area (Å²) in [6.45, 7) is 9.75. The van der Waals surface area contributed by atoms with Crippen molar-refractivity contribution in [1.82, 2.24) is 15.1 Å². The minimum Gasteiger partial charge on any atom is -0.371 e. The first-order valence-electron chi connectivity index (χ1n) is 12.7. The zero-order valence-corrected chi connectivity index (χ0v) is 22.6. The zero-order chi connectivity index (χ0) is 25.7. The molecule has 3 heterocycles. The Balaban J connectivity index is 0.00000320. The van der Waals surface area contributed by atoms with Crippen molar-refractivity contribution >= 4 is 34.7 Å². The van der Waals surface area contributed by atoms with Gasteiger partial charge in [0.25, 0.3) is 0 Å². The first-order valence-corrected chi connectivity index (χ1v) is 12.7. The van der Waals surface area contributed by atoms with Crippen LogP contribution in [0.15, 0.2) is 36.4 Å². The molecular weight excluding hydrogens is 499 g/mol. The maximum atomic E-state index is 13.5. The maximum Gasteiger partial charge on any atom is 0.416 e. The third-order valence-corrected chi connectivity index (χ3v) is 8.27. The van der Waals surface area contributed by atoms with Gasteiger partial charge in [-0.25, -0.2) is 0 Å². The fourth-order valence-corrected chi connectivity index (χ4v) is 6.10. The molecule has 1 N–H and O–H groups in total. The van der Waals surface area contributed by atoms with Gasteiger partial charge in [0, 0.05) is 36.1 Å². The normalized spacial score (nSPS) is 18.7. The SMILES string of the molecule is Cc1c([C@@H](C)Nc2nnc(C)c3ccc(N4CCC5(CCN(C)C5)CC4)cc23)cccc1C(F)(F)F.Cl. The first kappa shape index (κ1) is 27.5. The standard InChI is InChI=1S/C28H34F3N5.ClH/c1-18-22(6-5-7-25(18)28(29,30)31)19(2)32-26-24-16-21(8-9-23(24)20(3)33-34-26)36-14-11-27(12-15-36)10-13-35(4)17-27;/h5-9,16,19H,10-15,17H2,1-4H3,(H,32,34);1H/t19-;/m1./s1. The number of hydrogen-bond acceptors (Lipinski definition) is 5. The Kier molecular flexibility index (Phi) is 7.64. The van der Waals surface area contributed by atoms with Crippen molar-refractivity contribution in [1.29, 1.82) is 0 Å². The Labute approximate surface area is 222 Å². The van der Waals surface area contributed by atoms with E-state index in [1.165, 1.54) is 45.3 Å². The number of aryl methyl sites for hydroxylation is 1. The molecule has 2 saturated heterocycles. The lowest BCUT2D eigenvalue weighted by Gasteiger charge is -2.40. The van der Waals surface area contributed by atoms with Gasteiger partial charge in [0.2, 0.25) is 0 Å². The van der Waals surface area contributed by atoms with Gasteiger partial charge in [-0.1, -0.05) is 18.2 Å². The molecule has 0 saturated carbocycles. The highest BCUT2D eigenvalue weighted by Crippen LogP contribution is 2.41. The van der Waals surface area contributed by atoms with Crippen LogP contribution in [0.3, 0.4) is 0 Å². The maximum absolute atomic E-state index is 13.5. The minimum absolute atomic E-state index is 0. The van der Waals surface area contributed by atoms with Crippen molar-refractivity contribution in [2.24, 2.45) is 5.41 Å². The van der Waals surface area contributed by atoms with Crippen LogP contribution in [0.4, 0.5) is 24.7 Å². The number of hydrogen-bond donors (Lipinski definition) is 1. The second-order valence-corrected chi connectivity index (χ2v) is 10.7. The second kappa shape index (κ2) is 10.3. The summed E-state index contributed by atoms with van der Waals surface area (Å²) in [5.74, 6) is 0.590. The molecule has 1 atom stereocenters. The Bertz CT molecular complexity index is 1270. The highest BCUT2D eigenvalue weighted by Gasteiger charge is 2.39. The van der Waals surface area contributed by atoms with E-state index in [2.05, 4.69) is 50.6 Å². The summed E-state index contributed by atoms with van der Waals surface area (Å²) < 4.78 is 40.4. The van der Waals surface area contributed by atoms with Crippen molar-refractivity contribution in [2.75, 3.05) is 43.4 Å². The summed E-state index contributed by atoms with van der Waals surface area (Å²) in [6.07, 6.45) is -0.712. The van der Waals surface area contributed by atoms with Gasteiger partial charge >= 0.3 is 6.18 Å². The van der Waals surface area contributed by atoms with Crippen LogP contribution in [-0.2, 0) is 6.18 Å². The smallest absolute Gasteiger partial charge is 0.371 e. The number of piperidine rings is 1. The molecule has 2 aliphatic rings. The number of nitrogens with one attached hydrogen (secondary N) is 1. The van der Waals surface area contributed by atoms with Gasteiger partial charge in [-0.2, -0.15) is 18.3 Å². The number of rotatable bonds is 4. The lowest BCUT2D eigenvalue weighted by atomic mass is 9.77. The van der Waals surface area contributed by atoms with Gasteiger partial charge in [0.1, 0.15) is 0 Å². The molecule has 3 aromatic rings. The van der Waals surface area contributed by atoms with E-state index >= 15 is 0 Å². The molecular formula is C28H35ClF3N5. The van der Waals surface area contributed by atoms with Crippen LogP contribution in [0, 0.1) is 19.3 Å². The number of anilines is 2. The fraction of sp³-hybridized carbons (Fsp3) is 0.500. The summed E-state index contributed by atoms with van der Waals surface area (Å²) in [5, 5.41) is 14.0. The first-order chi connectivity index (χ1) is 17.1. The highest BCUT2D eigenvalue weighted by atomic mass is 35.5. The molecule has 0 bridgehead atoms. The molecule has 0 radical (unpaired) electrons. The van der Waals surface area contributed by atoms with E-state index in [0.29, 0.717) is 16.8 Å². The predicted molar refractivity (Wildman–Crippen MR) is 146 cm³/mol. The number of nitrogens with zero attached hydrogens (tertiary/aromatic N) is 4. The van der Waals surface area contributed by atoms with Crippen LogP contribution >= 0.6 is 12.4 Å². The van der Waals surface area contributed by atoms with Gasteiger partial charge in [0.15, 0.2) is 5.82 Å². The summed E-state index contributed by atoms with van der Waals surface area (Å²) in [7, 11) is 2.21. The second-order valence-electron chi connectivity index (χ2n) is 10.7. The molecule has 2 fully saturated rings. The third-order valence-electron chi connectivity index (χ3n) is 8.27. The summed E-state index contributed by atoms with van der Waals surface area (Å²) in [5.41, 5.74) is 2.66. The Morgan fingerprint density at radius 3 is 2.32 bits per heavy atom. The molecule has 5 nitrogen and oxygen atoms in total. The molecule has 0 aliphatic carbocycles. The van der Waals surface area contributed by atoms with Gasteiger partial charge in [0.05, 0.1) is 17.3 Å². The minimum atomic E-state index is -4.38. The van der Waals surface area contributed by atoms with Crippen LogP contribution in [0.25, 0.3) is 10.8 Å². The highest BCUT2D eigenvalue weighted by molar-refractivity contribution is 5.95. The Morgan fingerprint density at radius 2 is 1.68 bits per heavy atom. The molecule has 0 unspecified atom stereocenters. The van der Waals surface area contributed by atoms with E-state index in [9.17, 15) is 13.2 Å². The number of alkyl halides is 3. The van der Waals surface area contributed by atoms with Crippen LogP contribution in [0.1, 0.15) is 54.6 Å². The molecule has 37 heavy (non-hydrogen) atoms. The van der Waals surface area contributed by atoms with Gasteiger partial charge < -0.3 is 15.1 Å². The predicted octanol–water partition coefficient (Wildman–Crippen LogP) is 6.78. The van der Waals surface area contributed by atoms with Crippen LogP contribution < -0.4 is 10.2 Å². The van der Waals surface area contributed by atoms with E-state index in [0.717, 1.165) is 41.3 Å². The number of halogens is 4. The van der Waals surface area contributed by atoms with E-state index in [1.54, 1.807) is 6.07 Å². The van der Waals surface area contributed by atoms with Gasteiger partial charge in [-0.05, 0) is 88.4 Å². The largest absolute Gasteiger partial charge is 0.416 e. The van der Waals surface area contributed by atoms with Crippen molar-refractivity contribution in [3.63, 3.8) is 0 Å². The molecule has 9 heteroatoms. The molecule has 5 rings (SSSR count). The summed E-state index contributed by atoms with van der Waals surface area (Å²) in [6, 6.07) is 10.4. The Hall–Kier alpha value is -2.58. The summed E-state index contributed by atoms with van der Waals surface area (Å²) in [4.78, 5) is 4.89. The van der Waals surface area contributed by atoms with Crippen molar-refractivity contribution in [3.8, 4) is 0 Å². The van der Waals surface area contributed by atoms with E-state index in [4.69, 9.17) is 0 Å². The van der Waals surface area contributed by atoms with E-state index < -0.39 is 11.7 Å². The van der Waals surface area contributed by atoms with Crippen molar-refractivity contribution in [3.05, 3.63) is 58.8 Å². The number of aromatic nitrogens is 2. The molecule has 0 amide bonds. The average molecular weight is 534 g/mol. The average Bonchev–Trinajstić information content (AvgIpc) is 3.20. The number of likely N-dealkylation sites (tertiary alicyclic amines) is 1. The zero-order valence-electron chi connectivity index (χ0n) is 21.8. The fourth-order valence-electron chi connectivity index (χ4n) is 6.10. The van der Waals surface area contributed by atoms with Gasteiger partial charge in [-0.15, -0.1) is 17.5 Å². The third kappa shape index (κ3) is 5.36. The van der Waals surface area contributed by atoms with Crippen molar-refractivity contribution < 1.29 is 13.2 Å². The number of fused-ring (bicyclic) bond motifs is 1. The van der Waals surface area contributed by atoms with E-state index in [1.807, 2.05) is 13.8 Å². The topological polar surface area (TPSA) is 44.3 Å². The van der Waals surface area contributed by atoms with Crippen LogP contribution in [-0.4, -0.2) is 48.3 Å². The molecule has 2 aromatic carbocycles. The lowest BCUT2D eigenvalue weighted by molar-refractivity contribution is -0.138. The van der Waals surface area contributed by atoms with Gasteiger partial charge in [-0.3, -0.25) is 0 Å². The van der Waals surface area contributed by atoms with E-state index in [-0.39, 0.29) is 24.0 Å². The Morgan fingerprint density at radius 1 is 0.973 bits per heavy atom.